The van der Waals surface area contributed by atoms with Crippen molar-refractivity contribution in [2.45, 2.75) is 0 Å². The van der Waals surface area contributed by atoms with Crippen LogP contribution in [0.4, 0.5) is 4.39 Å². The average molecular weight is 269 g/mol. The summed E-state index contributed by atoms with van der Waals surface area (Å²) in [5, 5.41) is 0. The Hall–Kier alpha value is -1.49. The van der Waals surface area contributed by atoms with E-state index in [0.29, 0.717) is 5.75 Å². The average Bonchev–Trinajstić information content (AvgIpc) is 2.22. The molecule has 0 aliphatic carbocycles. The van der Waals surface area contributed by atoms with Crippen LogP contribution in [0.3, 0.4) is 0 Å². The molecule has 76 valence electrons. The summed E-state index contributed by atoms with van der Waals surface area (Å²) in [6, 6.07) is 7.35. The second kappa shape index (κ2) is 4.35. The number of hydrogen-bond acceptors (Lipinski definition) is 3. The number of hydrogen-bond donors (Lipinski definition) is 0. The van der Waals surface area contributed by atoms with Crippen molar-refractivity contribution in [1.29, 1.82) is 0 Å². The largest absolute Gasteiger partial charge is 0.424 e. The molecule has 0 unspecified atom stereocenters. The van der Waals surface area contributed by atoms with Gasteiger partial charge in [-0.1, -0.05) is 22.0 Å². The van der Waals surface area contributed by atoms with E-state index < -0.39 is 5.82 Å². The molecule has 1 aromatic carbocycles. The molecule has 0 spiro atoms. The molecule has 0 saturated heterocycles. The maximum atomic E-state index is 12.5. The summed E-state index contributed by atoms with van der Waals surface area (Å²) in [5.74, 6) is 0.104. The summed E-state index contributed by atoms with van der Waals surface area (Å²) in [6.07, 6.45) is 2.11. The van der Waals surface area contributed by atoms with Crippen molar-refractivity contribution < 1.29 is 9.13 Å². The summed E-state index contributed by atoms with van der Waals surface area (Å²) in [6.45, 7) is 0. The third kappa shape index (κ3) is 2.73. The van der Waals surface area contributed by atoms with Crippen LogP contribution in [-0.2, 0) is 0 Å². The minimum absolute atomic E-state index is 0.120. The first-order chi connectivity index (χ1) is 7.24. The first kappa shape index (κ1) is 10.0. The lowest BCUT2D eigenvalue weighted by Crippen LogP contribution is -1.91. The molecule has 1 aromatic heterocycles. The van der Waals surface area contributed by atoms with Crippen LogP contribution in [0.2, 0.25) is 0 Å². The van der Waals surface area contributed by atoms with Crippen molar-refractivity contribution >= 4 is 15.9 Å². The van der Waals surface area contributed by atoms with Crippen molar-refractivity contribution in [1.82, 2.24) is 9.97 Å². The second-order valence-corrected chi connectivity index (χ2v) is 3.66. The van der Waals surface area contributed by atoms with Gasteiger partial charge in [0.2, 0.25) is 0 Å². The Balaban J connectivity index is 2.18. The molecule has 0 amide bonds. The van der Waals surface area contributed by atoms with Gasteiger partial charge in [0.05, 0.1) is 12.4 Å². The van der Waals surface area contributed by atoms with Crippen molar-refractivity contribution in [2.24, 2.45) is 0 Å². The van der Waals surface area contributed by atoms with Gasteiger partial charge in [-0.2, -0.15) is 0 Å². The normalized spacial score (nSPS) is 10.0. The fraction of sp³-hybridized carbons (Fsp3) is 0. The lowest BCUT2D eigenvalue weighted by atomic mass is 10.3. The lowest BCUT2D eigenvalue weighted by Gasteiger charge is -2.02. The molecule has 3 nitrogen and oxygen atoms in total. The monoisotopic (exact) mass is 268 g/mol. The first-order valence-corrected chi connectivity index (χ1v) is 4.94. The van der Waals surface area contributed by atoms with Gasteiger partial charge in [0, 0.05) is 4.47 Å². The lowest BCUT2D eigenvalue weighted by molar-refractivity contribution is 0.436. The minimum Gasteiger partial charge on any atom is -0.424 e. The van der Waals surface area contributed by atoms with E-state index in [0.717, 1.165) is 16.9 Å². The Bertz CT molecular complexity index is 461. The van der Waals surface area contributed by atoms with E-state index in [2.05, 4.69) is 25.9 Å². The quantitative estimate of drug-likeness (QED) is 0.839. The summed E-state index contributed by atoms with van der Waals surface area (Å²) in [5.41, 5.74) is 0. The molecule has 0 aliphatic rings. The smallest absolute Gasteiger partial charge is 0.322 e. The van der Waals surface area contributed by atoms with E-state index in [4.69, 9.17) is 4.74 Å². The van der Waals surface area contributed by atoms with E-state index in [1.54, 1.807) is 12.1 Å². The highest BCUT2D eigenvalue weighted by Crippen LogP contribution is 2.21. The molecule has 0 saturated carbocycles. The van der Waals surface area contributed by atoms with Crippen LogP contribution >= 0.6 is 15.9 Å². The number of rotatable bonds is 2. The Kier molecular flexibility index (Phi) is 2.91. The fourth-order valence-electron chi connectivity index (χ4n) is 0.989. The standard InChI is InChI=1S/C10H6BrFN2O/c11-7-2-1-3-9(4-7)15-10-13-5-8(12)6-14-10/h1-6H. The molecule has 0 fully saturated rings. The molecule has 2 aromatic rings. The zero-order chi connectivity index (χ0) is 10.7. The van der Waals surface area contributed by atoms with E-state index in [-0.39, 0.29) is 6.01 Å². The number of nitrogens with zero attached hydrogens (tertiary/aromatic N) is 2. The Morgan fingerprint density at radius 1 is 1.20 bits per heavy atom. The number of benzene rings is 1. The van der Waals surface area contributed by atoms with Gasteiger partial charge in [0.25, 0.3) is 0 Å². The Labute approximate surface area is 94.1 Å². The molecule has 5 heteroatoms. The predicted octanol–water partition coefficient (Wildman–Crippen LogP) is 3.17. The van der Waals surface area contributed by atoms with Gasteiger partial charge in [0.15, 0.2) is 5.82 Å². The molecular weight excluding hydrogens is 263 g/mol. The van der Waals surface area contributed by atoms with Crippen LogP contribution in [0.5, 0.6) is 11.8 Å². The first-order valence-electron chi connectivity index (χ1n) is 4.15. The highest BCUT2D eigenvalue weighted by molar-refractivity contribution is 9.10. The van der Waals surface area contributed by atoms with Crippen LogP contribution in [-0.4, -0.2) is 9.97 Å². The Morgan fingerprint density at radius 3 is 2.60 bits per heavy atom. The van der Waals surface area contributed by atoms with Crippen molar-refractivity contribution in [3.63, 3.8) is 0 Å². The summed E-state index contributed by atoms with van der Waals surface area (Å²) in [7, 11) is 0. The van der Waals surface area contributed by atoms with Crippen molar-refractivity contribution in [3.8, 4) is 11.8 Å². The fourth-order valence-corrected chi connectivity index (χ4v) is 1.37. The SMILES string of the molecule is Fc1cnc(Oc2cccc(Br)c2)nc1. The van der Waals surface area contributed by atoms with Gasteiger partial charge in [0.1, 0.15) is 5.75 Å². The number of ether oxygens (including phenoxy) is 1. The van der Waals surface area contributed by atoms with Crippen LogP contribution in [0.15, 0.2) is 41.1 Å². The van der Waals surface area contributed by atoms with Gasteiger partial charge in [-0.15, -0.1) is 0 Å². The highest BCUT2D eigenvalue weighted by Gasteiger charge is 2.00. The van der Waals surface area contributed by atoms with Crippen molar-refractivity contribution in [2.75, 3.05) is 0 Å². The van der Waals surface area contributed by atoms with Crippen LogP contribution in [0, 0.1) is 5.82 Å². The maximum Gasteiger partial charge on any atom is 0.322 e. The number of aromatic nitrogens is 2. The third-order valence-electron chi connectivity index (χ3n) is 1.60. The topological polar surface area (TPSA) is 35.0 Å². The predicted molar refractivity (Wildman–Crippen MR) is 56.2 cm³/mol. The molecule has 0 bridgehead atoms. The van der Waals surface area contributed by atoms with Gasteiger partial charge in [-0.25, -0.2) is 14.4 Å². The summed E-state index contributed by atoms with van der Waals surface area (Å²) < 4.78 is 18.7. The zero-order valence-corrected chi connectivity index (χ0v) is 9.11. The zero-order valence-electron chi connectivity index (χ0n) is 7.52. The van der Waals surface area contributed by atoms with Gasteiger partial charge >= 0.3 is 6.01 Å². The van der Waals surface area contributed by atoms with Crippen molar-refractivity contribution in [3.05, 3.63) is 46.9 Å². The van der Waals surface area contributed by atoms with E-state index >= 15 is 0 Å². The van der Waals surface area contributed by atoms with Gasteiger partial charge in [-0.3, -0.25) is 0 Å². The summed E-state index contributed by atoms with van der Waals surface area (Å²) in [4.78, 5) is 7.36. The highest BCUT2D eigenvalue weighted by atomic mass is 79.9. The number of halogens is 2. The van der Waals surface area contributed by atoms with Crippen LogP contribution in [0.25, 0.3) is 0 Å². The third-order valence-corrected chi connectivity index (χ3v) is 2.10. The van der Waals surface area contributed by atoms with Crippen LogP contribution < -0.4 is 4.74 Å². The van der Waals surface area contributed by atoms with E-state index in [1.165, 1.54) is 0 Å². The molecule has 15 heavy (non-hydrogen) atoms. The minimum atomic E-state index is -0.489. The maximum absolute atomic E-state index is 12.5. The molecular formula is C10H6BrFN2O. The van der Waals surface area contributed by atoms with Gasteiger partial charge < -0.3 is 4.74 Å². The second-order valence-electron chi connectivity index (χ2n) is 2.74. The molecule has 0 radical (unpaired) electrons. The molecule has 1 heterocycles. The molecule has 0 N–H and O–H groups in total. The van der Waals surface area contributed by atoms with E-state index in [1.807, 2.05) is 12.1 Å². The van der Waals surface area contributed by atoms with Crippen LogP contribution in [0.1, 0.15) is 0 Å². The Morgan fingerprint density at radius 2 is 1.93 bits per heavy atom. The molecule has 0 aliphatic heterocycles. The molecule has 0 atom stereocenters. The summed E-state index contributed by atoms with van der Waals surface area (Å²) >= 11 is 3.31. The van der Waals surface area contributed by atoms with E-state index in [9.17, 15) is 4.39 Å². The van der Waals surface area contributed by atoms with Gasteiger partial charge in [-0.05, 0) is 18.2 Å². The molecule has 2 rings (SSSR count).